The molecule has 0 aliphatic carbocycles. The van der Waals surface area contributed by atoms with E-state index in [0.717, 1.165) is 136 Å². The Labute approximate surface area is 363 Å². The smallest absolute Gasteiger partial charge is 0.267 e. The number of rotatable bonds is 20. The summed E-state index contributed by atoms with van der Waals surface area (Å²) < 4.78 is 4.66. The molecule has 2 heterocycles. The highest BCUT2D eigenvalue weighted by molar-refractivity contribution is 5.92. The van der Waals surface area contributed by atoms with Gasteiger partial charge in [0.2, 0.25) is 0 Å². The maximum Gasteiger partial charge on any atom is 0.267 e. The normalized spacial score (nSPS) is 10.7. The van der Waals surface area contributed by atoms with Crippen LogP contribution in [-0.4, -0.2) is 95.9 Å². The average Bonchev–Trinajstić information content (AvgIpc) is 3.71. The third kappa shape index (κ3) is 18.1. The van der Waals surface area contributed by atoms with Crippen molar-refractivity contribution in [3.05, 3.63) is 71.3 Å². The molecule has 0 saturated carbocycles. The number of fused-ring (bicyclic) bond motifs is 2. The summed E-state index contributed by atoms with van der Waals surface area (Å²) in [5.41, 5.74) is 9.12. The van der Waals surface area contributed by atoms with Gasteiger partial charge in [0.05, 0.1) is 22.1 Å². The zero-order valence-corrected chi connectivity index (χ0v) is 37.5. The number of carbonyl (C=O) groups is 2. The zero-order valence-electron chi connectivity index (χ0n) is 34.2. The van der Waals surface area contributed by atoms with Crippen LogP contribution >= 0.6 is 49.6 Å². The molecule has 17 heteroatoms. The molecule has 0 atom stereocenters. The second-order valence-corrected chi connectivity index (χ2v) is 12.7. The number of hydrogen-bond acceptors (Lipinski definition) is 8. The van der Waals surface area contributed by atoms with Crippen molar-refractivity contribution < 1.29 is 25.5 Å². The minimum Gasteiger partial charge on any atom is -0.412 e. The highest BCUT2D eigenvalue weighted by atomic mass is 35.5. The van der Waals surface area contributed by atoms with Crippen LogP contribution in [0.2, 0.25) is 0 Å². The Morgan fingerprint density at radius 1 is 0.632 bits per heavy atom. The molecule has 57 heavy (non-hydrogen) atoms. The zero-order chi connectivity index (χ0) is 37.9. The van der Waals surface area contributed by atoms with Crippen molar-refractivity contribution in [1.82, 2.24) is 39.9 Å². The molecule has 0 unspecified atom stereocenters. The Morgan fingerprint density at radius 3 is 1.28 bits per heavy atom. The van der Waals surface area contributed by atoms with Gasteiger partial charge in [-0.05, 0) is 86.6 Å². The van der Waals surface area contributed by atoms with Crippen LogP contribution in [-0.2, 0) is 35.5 Å². The molecule has 0 aliphatic rings. The lowest BCUT2D eigenvalue weighted by Crippen LogP contribution is -2.27. The number of aromatic nitrogens is 4. The lowest BCUT2D eigenvalue weighted by atomic mass is 10.2. The molecule has 13 nitrogen and oxygen atoms in total. The predicted octanol–water partition coefficient (Wildman–Crippen LogP) is 7.34. The Kier molecular flexibility index (Phi) is 32.3. The first kappa shape index (κ1) is 58.1. The monoisotopic (exact) mass is 878 g/mol. The fourth-order valence-electron chi connectivity index (χ4n) is 6.13. The minimum absolute atomic E-state index is 0. The van der Waals surface area contributed by atoms with Gasteiger partial charge in [-0.1, -0.05) is 66.5 Å². The van der Waals surface area contributed by atoms with Crippen LogP contribution < -0.4 is 11.0 Å². The molecule has 4 rings (SSSR count). The number of halogens is 4. The first-order valence-corrected chi connectivity index (χ1v) is 18.9. The van der Waals surface area contributed by atoms with Gasteiger partial charge in [-0.25, -0.2) is 20.9 Å². The second kappa shape index (κ2) is 31.7. The number of nitrogens with zero attached hydrogens (tertiary/aromatic N) is 6. The molecule has 0 fully saturated rings. The third-order valence-electron chi connectivity index (χ3n) is 9.35. The fourth-order valence-corrected chi connectivity index (χ4v) is 6.13. The molecule has 0 bridgehead atoms. The van der Waals surface area contributed by atoms with Gasteiger partial charge >= 0.3 is 0 Å². The van der Waals surface area contributed by atoms with Gasteiger partial charge in [0.25, 0.3) is 11.8 Å². The molecule has 2 amide bonds. The Balaban J connectivity index is -0.000000941. The van der Waals surface area contributed by atoms with Crippen LogP contribution in [0.15, 0.2) is 48.6 Å². The first-order valence-electron chi connectivity index (χ1n) is 18.9. The van der Waals surface area contributed by atoms with E-state index in [0.29, 0.717) is 0 Å². The number of imidazole rings is 2. The van der Waals surface area contributed by atoms with Crippen LogP contribution in [0.5, 0.6) is 0 Å². The maximum atomic E-state index is 11.2. The summed E-state index contributed by atoms with van der Waals surface area (Å²) in [5.74, 6) is 1.17. The van der Waals surface area contributed by atoms with Gasteiger partial charge < -0.3 is 24.4 Å². The molecule has 0 saturated heterocycles. The summed E-state index contributed by atoms with van der Waals surface area (Å²) in [6.45, 7) is 21.2. The Hall–Kier alpha value is -3.24. The van der Waals surface area contributed by atoms with E-state index in [1.165, 1.54) is 12.2 Å². The van der Waals surface area contributed by atoms with E-state index in [1.807, 2.05) is 24.3 Å². The minimum atomic E-state index is -0.543. The number of likely N-dealkylation sites (N-methyl/N-ethyl adjacent to an activating group) is 2. The Morgan fingerprint density at radius 2 is 0.982 bits per heavy atom. The van der Waals surface area contributed by atoms with Crippen molar-refractivity contribution in [1.29, 1.82) is 0 Å². The molecule has 2 aromatic heterocycles. The SMILES string of the molecule is CCCCc1nc2cc(C=CC(=O)NO)ccc2n1CCN(CC)CC.CCCCc1nc2cc(C=CC(=O)NO)ccc2n1CCN(CC)CC.Cl.Cl.Cl.Cl.O. The van der Waals surface area contributed by atoms with E-state index in [1.54, 1.807) is 23.1 Å². The van der Waals surface area contributed by atoms with Crippen molar-refractivity contribution >= 4 is 95.7 Å². The van der Waals surface area contributed by atoms with E-state index in [9.17, 15) is 9.59 Å². The van der Waals surface area contributed by atoms with Crippen LogP contribution in [0.4, 0.5) is 0 Å². The predicted molar refractivity (Wildman–Crippen MR) is 243 cm³/mol. The number of amides is 2. The molecule has 0 aliphatic heterocycles. The maximum absolute atomic E-state index is 11.2. The number of aryl methyl sites for hydroxylation is 2. The van der Waals surface area contributed by atoms with Gasteiger partial charge in [-0.15, -0.1) is 49.6 Å². The molecular weight excluding hydrogens is 814 g/mol. The number of hydrogen-bond donors (Lipinski definition) is 4. The highest BCUT2D eigenvalue weighted by Crippen LogP contribution is 2.22. The number of carbonyl (C=O) groups excluding carboxylic acids is 2. The van der Waals surface area contributed by atoms with Gasteiger partial charge in [0.15, 0.2) is 0 Å². The molecule has 0 radical (unpaired) electrons. The van der Waals surface area contributed by atoms with E-state index in [4.69, 9.17) is 20.4 Å². The standard InChI is InChI=1S/2C20H30N4O2.4ClH.H2O/c2*1-4-7-8-19-21-17-15-16(10-12-20(25)22-26)9-11-18(17)24(19)14-13-23(5-2)6-3;;;;;/h2*9-12,15,26H,4-8,13-14H2,1-3H3,(H,22,25);4*1H;1H2. The summed E-state index contributed by atoms with van der Waals surface area (Å²) in [6, 6.07) is 12.1. The van der Waals surface area contributed by atoms with E-state index in [-0.39, 0.29) is 55.1 Å². The van der Waals surface area contributed by atoms with Crippen LogP contribution in [0.25, 0.3) is 34.2 Å². The van der Waals surface area contributed by atoms with Gasteiger partial charge in [0, 0.05) is 51.2 Å². The van der Waals surface area contributed by atoms with E-state index in [2.05, 4.69) is 72.6 Å². The van der Waals surface area contributed by atoms with Crippen molar-refractivity contribution in [2.45, 2.75) is 93.2 Å². The second-order valence-electron chi connectivity index (χ2n) is 12.7. The van der Waals surface area contributed by atoms with E-state index >= 15 is 0 Å². The quantitative estimate of drug-likeness (QED) is 0.0406. The largest absolute Gasteiger partial charge is 0.412 e. The molecule has 2 aromatic carbocycles. The van der Waals surface area contributed by atoms with Gasteiger partial charge in [0.1, 0.15) is 11.6 Å². The van der Waals surface area contributed by atoms with Crippen LogP contribution in [0.1, 0.15) is 90.0 Å². The van der Waals surface area contributed by atoms with E-state index < -0.39 is 11.8 Å². The van der Waals surface area contributed by atoms with Gasteiger partial charge in [-0.3, -0.25) is 20.0 Å². The summed E-state index contributed by atoms with van der Waals surface area (Å²) >= 11 is 0. The van der Waals surface area contributed by atoms with Gasteiger partial charge in [-0.2, -0.15) is 0 Å². The molecular formula is C40H66Cl4N8O5. The molecule has 324 valence electrons. The lowest BCUT2D eigenvalue weighted by Gasteiger charge is -2.19. The first-order chi connectivity index (χ1) is 25.2. The number of unbranched alkanes of at least 4 members (excludes halogenated alkanes) is 2. The number of hydroxylamine groups is 2. The van der Waals surface area contributed by atoms with Crippen LogP contribution in [0.3, 0.4) is 0 Å². The Bertz CT molecular complexity index is 1650. The van der Waals surface area contributed by atoms with Crippen molar-refractivity contribution in [3.8, 4) is 0 Å². The average molecular weight is 881 g/mol. The highest BCUT2D eigenvalue weighted by Gasteiger charge is 2.13. The molecule has 0 spiro atoms. The third-order valence-corrected chi connectivity index (χ3v) is 9.35. The fraction of sp³-hybridized carbons (Fsp3) is 0.500. The summed E-state index contributed by atoms with van der Waals surface area (Å²) in [7, 11) is 0. The summed E-state index contributed by atoms with van der Waals surface area (Å²) in [6.07, 6.45) is 12.4. The number of benzene rings is 2. The lowest BCUT2D eigenvalue weighted by molar-refractivity contribution is -0.124. The van der Waals surface area contributed by atoms with Crippen LogP contribution in [0, 0.1) is 0 Å². The molecule has 4 aromatic rings. The van der Waals surface area contributed by atoms with Crippen molar-refractivity contribution in [2.75, 3.05) is 39.3 Å². The van der Waals surface area contributed by atoms with Crippen molar-refractivity contribution in [3.63, 3.8) is 0 Å². The summed E-state index contributed by atoms with van der Waals surface area (Å²) in [4.78, 5) is 36.8. The topological polar surface area (TPSA) is 172 Å². The number of nitrogens with one attached hydrogen (secondary N) is 2. The molecule has 6 N–H and O–H groups in total. The summed E-state index contributed by atoms with van der Waals surface area (Å²) in [5, 5.41) is 17.2. The van der Waals surface area contributed by atoms with Crippen molar-refractivity contribution in [2.24, 2.45) is 0 Å².